The van der Waals surface area contributed by atoms with Gasteiger partial charge in [0.05, 0.1) is 24.3 Å². The van der Waals surface area contributed by atoms with Crippen molar-refractivity contribution in [3.63, 3.8) is 0 Å². The Kier molecular flexibility index (Phi) is 3.49. The predicted molar refractivity (Wildman–Crippen MR) is 76.7 cm³/mol. The van der Waals surface area contributed by atoms with E-state index in [0.29, 0.717) is 12.6 Å². The van der Waals surface area contributed by atoms with Crippen LogP contribution in [0.1, 0.15) is 49.2 Å². The number of rotatable bonds is 4. The lowest BCUT2D eigenvalue weighted by Gasteiger charge is -2.13. The van der Waals surface area contributed by atoms with Gasteiger partial charge in [0.2, 0.25) is 0 Å². The molecule has 20 heavy (non-hydrogen) atoms. The largest absolute Gasteiger partial charge is 0.487 e. The minimum Gasteiger partial charge on any atom is -0.487 e. The first-order valence-electron chi connectivity index (χ1n) is 7.09. The third-order valence-corrected chi connectivity index (χ3v) is 3.85. The highest BCUT2D eigenvalue weighted by molar-refractivity contribution is 5.39. The number of hydrogen-bond acceptors (Lipinski definition) is 3. The van der Waals surface area contributed by atoms with E-state index in [1.807, 2.05) is 30.7 Å². The van der Waals surface area contributed by atoms with Crippen LogP contribution < -0.4 is 4.74 Å². The van der Waals surface area contributed by atoms with E-state index < -0.39 is 0 Å². The van der Waals surface area contributed by atoms with Crippen molar-refractivity contribution < 1.29 is 9.84 Å². The molecule has 0 amide bonds. The highest BCUT2D eigenvalue weighted by Crippen LogP contribution is 2.33. The summed E-state index contributed by atoms with van der Waals surface area (Å²) in [6, 6.07) is 6.33. The van der Waals surface area contributed by atoms with Crippen LogP contribution >= 0.6 is 0 Å². The van der Waals surface area contributed by atoms with E-state index in [0.717, 1.165) is 29.8 Å². The van der Waals surface area contributed by atoms with Crippen molar-refractivity contribution in [2.45, 2.75) is 45.4 Å². The Morgan fingerprint density at radius 3 is 3.10 bits per heavy atom. The van der Waals surface area contributed by atoms with Gasteiger partial charge in [0.25, 0.3) is 0 Å². The molecule has 1 unspecified atom stereocenters. The first-order chi connectivity index (χ1) is 9.65. The highest BCUT2D eigenvalue weighted by Gasteiger charge is 2.20. The van der Waals surface area contributed by atoms with Crippen LogP contribution in [0.2, 0.25) is 0 Å². The summed E-state index contributed by atoms with van der Waals surface area (Å²) in [7, 11) is 0. The van der Waals surface area contributed by atoms with Crippen molar-refractivity contribution in [3.05, 3.63) is 47.5 Å². The molecule has 0 saturated carbocycles. The molecule has 3 rings (SSSR count). The molecule has 0 radical (unpaired) electrons. The lowest BCUT2D eigenvalue weighted by Crippen LogP contribution is -2.07. The van der Waals surface area contributed by atoms with Crippen molar-refractivity contribution in [2.24, 2.45) is 0 Å². The fraction of sp³-hybridized carbons (Fsp3) is 0.438. The summed E-state index contributed by atoms with van der Waals surface area (Å²) in [4.78, 5) is 4.17. The standard InChI is InChI=1S/C16H20N2O2/c1-11(2)18-10-17-8-13(18)9-20-14-4-5-15-12(7-14)3-6-16(15)19/h4-5,7-8,10-11,16,19H,3,6,9H2,1-2H3. The van der Waals surface area contributed by atoms with Crippen molar-refractivity contribution in [2.75, 3.05) is 0 Å². The second-order valence-electron chi connectivity index (χ2n) is 5.59. The third-order valence-electron chi connectivity index (χ3n) is 3.85. The first-order valence-corrected chi connectivity index (χ1v) is 7.09. The summed E-state index contributed by atoms with van der Waals surface area (Å²) in [5, 5.41) is 9.80. The molecule has 1 N–H and O–H groups in total. The summed E-state index contributed by atoms with van der Waals surface area (Å²) < 4.78 is 7.97. The smallest absolute Gasteiger partial charge is 0.130 e. The normalized spacial score (nSPS) is 17.5. The van der Waals surface area contributed by atoms with Crippen LogP contribution in [-0.4, -0.2) is 14.7 Å². The van der Waals surface area contributed by atoms with Crippen LogP contribution in [0.4, 0.5) is 0 Å². The molecule has 1 aromatic carbocycles. The Morgan fingerprint density at radius 2 is 2.30 bits per heavy atom. The van der Waals surface area contributed by atoms with E-state index in [9.17, 15) is 5.11 Å². The summed E-state index contributed by atoms with van der Waals surface area (Å²) in [5.74, 6) is 0.856. The molecule has 2 aromatic rings. The Balaban J connectivity index is 1.71. The fourth-order valence-corrected chi connectivity index (χ4v) is 2.73. The molecule has 0 spiro atoms. The van der Waals surface area contributed by atoms with Gasteiger partial charge in [-0.3, -0.25) is 0 Å². The number of aryl methyl sites for hydroxylation is 1. The predicted octanol–water partition coefficient (Wildman–Crippen LogP) is 3.02. The van der Waals surface area contributed by atoms with Gasteiger partial charge < -0.3 is 14.4 Å². The number of nitrogens with zero attached hydrogens (tertiary/aromatic N) is 2. The molecule has 1 atom stereocenters. The highest BCUT2D eigenvalue weighted by atomic mass is 16.5. The molecule has 0 bridgehead atoms. The molecular weight excluding hydrogens is 252 g/mol. The molecular formula is C16H20N2O2. The van der Waals surface area contributed by atoms with E-state index in [2.05, 4.69) is 23.4 Å². The number of imidazole rings is 1. The molecule has 1 aliphatic carbocycles. The van der Waals surface area contributed by atoms with Gasteiger partial charge in [0, 0.05) is 6.04 Å². The summed E-state index contributed by atoms with van der Waals surface area (Å²) in [6.07, 6.45) is 5.12. The van der Waals surface area contributed by atoms with Crippen molar-refractivity contribution in [1.29, 1.82) is 0 Å². The van der Waals surface area contributed by atoms with Crippen molar-refractivity contribution >= 4 is 0 Å². The number of fused-ring (bicyclic) bond motifs is 1. The summed E-state index contributed by atoms with van der Waals surface area (Å²) >= 11 is 0. The molecule has 0 fully saturated rings. The molecule has 1 aromatic heterocycles. The molecule has 1 aliphatic rings. The van der Waals surface area contributed by atoms with Gasteiger partial charge in [-0.15, -0.1) is 0 Å². The lowest BCUT2D eigenvalue weighted by molar-refractivity contribution is 0.180. The minimum atomic E-state index is -0.304. The van der Waals surface area contributed by atoms with Crippen LogP contribution in [0.3, 0.4) is 0 Å². The van der Waals surface area contributed by atoms with E-state index in [4.69, 9.17) is 4.74 Å². The monoisotopic (exact) mass is 272 g/mol. The van der Waals surface area contributed by atoms with E-state index in [-0.39, 0.29) is 6.10 Å². The van der Waals surface area contributed by atoms with Gasteiger partial charge in [-0.2, -0.15) is 0 Å². The molecule has 4 heteroatoms. The third kappa shape index (κ3) is 2.43. The van der Waals surface area contributed by atoms with Gasteiger partial charge in [0.15, 0.2) is 0 Å². The Hall–Kier alpha value is -1.81. The summed E-state index contributed by atoms with van der Waals surface area (Å²) in [6.45, 7) is 4.77. The average Bonchev–Trinajstić information content (AvgIpc) is 3.03. The second kappa shape index (κ2) is 5.29. The van der Waals surface area contributed by atoms with Gasteiger partial charge in [-0.05, 0) is 49.9 Å². The van der Waals surface area contributed by atoms with E-state index in [1.165, 1.54) is 5.56 Å². The van der Waals surface area contributed by atoms with E-state index >= 15 is 0 Å². The number of hydrogen-bond donors (Lipinski definition) is 1. The zero-order chi connectivity index (χ0) is 14.1. The van der Waals surface area contributed by atoms with Gasteiger partial charge >= 0.3 is 0 Å². The second-order valence-corrected chi connectivity index (χ2v) is 5.59. The molecule has 1 heterocycles. The SMILES string of the molecule is CC(C)n1cncc1COc1ccc2c(c1)CCC2O. The van der Waals surface area contributed by atoms with Gasteiger partial charge in [0.1, 0.15) is 12.4 Å². The number of aliphatic hydroxyl groups is 1. The number of benzene rings is 1. The maximum atomic E-state index is 9.80. The first kappa shape index (κ1) is 13.2. The molecule has 0 aliphatic heterocycles. The number of ether oxygens (including phenoxy) is 1. The van der Waals surface area contributed by atoms with Crippen molar-refractivity contribution in [1.82, 2.24) is 9.55 Å². The Labute approximate surface area is 119 Å². The zero-order valence-electron chi connectivity index (χ0n) is 11.9. The maximum absolute atomic E-state index is 9.80. The van der Waals surface area contributed by atoms with Crippen LogP contribution in [0, 0.1) is 0 Å². The minimum absolute atomic E-state index is 0.304. The molecule has 4 nitrogen and oxygen atoms in total. The quantitative estimate of drug-likeness (QED) is 0.930. The maximum Gasteiger partial charge on any atom is 0.130 e. The topological polar surface area (TPSA) is 47.3 Å². The summed E-state index contributed by atoms with van der Waals surface area (Å²) in [5.41, 5.74) is 3.32. The lowest BCUT2D eigenvalue weighted by atomic mass is 10.1. The Morgan fingerprint density at radius 1 is 1.45 bits per heavy atom. The molecule has 106 valence electrons. The number of aromatic nitrogens is 2. The Bertz CT molecular complexity index is 604. The van der Waals surface area contributed by atoms with Gasteiger partial charge in [-0.1, -0.05) is 6.07 Å². The van der Waals surface area contributed by atoms with Crippen LogP contribution in [0.15, 0.2) is 30.7 Å². The van der Waals surface area contributed by atoms with Crippen LogP contribution in [0.25, 0.3) is 0 Å². The number of aliphatic hydroxyl groups excluding tert-OH is 1. The fourth-order valence-electron chi connectivity index (χ4n) is 2.73. The van der Waals surface area contributed by atoms with Crippen LogP contribution in [0.5, 0.6) is 5.75 Å². The average molecular weight is 272 g/mol. The van der Waals surface area contributed by atoms with E-state index in [1.54, 1.807) is 0 Å². The van der Waals surface area contributed by atoms with Crippen molar-refractivity contribution in [3.8, 4) is 5.75 Å². The molecule has 0 saturated heterocycles. The van der Waals surface area contributed by atoms with Crippen LogP contribution in [-0.2, 0) is 13.0 Å². The zero-order valence-corrected chi connectivity index (χ0v) is 11.9. The van der Waals surface area contributed by atoms with Gasteiger partial charge in [-0.25, -0.2) is 4.98 Å².